The van der Waals surface area contributed by atoms with Crippen molar-refractivity contribution in [1.29, 1.82) is 0 Å². The highest BCUT2D eigenvalue weighted by molar-refractivity contribution is 7.13. The van der Waals surface area contributed by atoms with Crippen LogP contribution in [0.25, 0.3) is 27.0 Å². The zero-order valence-corrected chi connectivity index (χ0v) is 19.7. The minimum atomic E-state index is -4.97. The topological polar surface area (TPSA) is 106 Å². The predicted octanol–water partition coefficient (Wildman–Crippen LogP) is 2.80. The average Bonchev–Trinajstić information content (AvgIpc) is 3.18. The summed E-state index contributed by atoms with van der Waals surface area (Å²) in [5.74, 6) is -2.33. The minimum absolute atomic E-state index is 0.146. The summed E-state index contributed by atoms with van der Waals surface area (Å²) in [6, 6.07) is 7.23. The first-order chi connectivity index (χ1) is 16.8. The number of hydrogen-bond acceptors (Lipinski definition) is 7. The molecule has 2 aromatic heterocycles. The van der Waals surface area contributed by atoms with E-state index in [4.69, 9.17) is 4.74 Å². The number of rotatable bonds is 5. The summed E-state index contributed by atoms with van der Waals surface area (Å²) in [6.07, 6.45) is -6.28. The quantitative estimate of drug-likeness (QED) is 0.373. The molecule has 0 aliphatic heterocycles. The molecular weight excluding hydrogens is 506 g/mol. The van der Waals surface area contributed by atoms with Crippen LogP contribution < -0.4 is 21.1 Å². The number of carbonyl (C=O) groups excluding carboxylic acids is 1. The number of halogens is 4. The predicted molar refractivity (Wildman–Crippen MR) is 121 cm³/mol. The maximum atomic E-state index is 15.0. The lowest BCUT2D eigenvalue weighted by Gasteiger charge is -2.18. The summed E-state index contributed by atoms with van der Waals surface area (Å²) in [5, 5.41) is 11.5. The molecule has 0 N–H and O–H groups in total. The van der Waals surface area contributed by atoms with Crippen molar-refractivity contribution in [2.75, 3.05) is 0 Å². The van der Waals surface area contributed by atoms with Crippen molar-refractivity contribution in [2.45, 2.75) is 26.1 Å². The van der Waals surface area contributed by atoms with Crippen LogP contribution in [0.5, 0.6) is 5.75 Å². The van der Waals surface area contributed by atoms with Crippen molar-refractivity contribution in [3.8, 4) is 22.7 Å². The summed E-state index contributed by atoms with van der Waals surface area (Å²) >= 11 is 0.889. The van der Waals surface area contributed by atoms with Gasteiger partial charge in [-0.2, -0.15) is 17.5 Å². The number of aliphatic carboxylic acids is 1. The third-order valence-electron chi connectivity index (χ3n) is 5.42. The van der Waals surface area contributed by atoms with Gasteiger partial charge in [0.2, 0.25) is 0 Å². The summed E-state index contributed by atoms with van der Waals surface area (Å²) in [4.78, 5) is 36.4. The SMILES string of the molecule is Cc1ccc(-c2nsc3cc(F)c(-n4c(=O)cc(C(F)(F)F)n(C)c4=O)cc23)c(OC(C)C(=O)[O-])c1. The van der Waals surface area contributed by atoms with Crippen molar-refractivity contribution in [3.05, 3.63) is 74.3 Å². The lowest BCUT2D eigenvalue weighted by molar-refractivity contribution is -0.312. The molecule has 0 saturated heterocycles. The molecule has 1 atom stereocenters. The first-order valence-corrected chi connectivity index (χ1v) is 11.0. The Bertz CT molecular complexity index is 1640. The Hall–Kier alpha value is -4.00. The van der Waals surface area contributed by atoms with Gasteiger partial charge in [-0.15, -0.1) is 0 Å². The molecule has 0 spiro atoms. The first kappa shape index (κ1) is 25.1. The largest absolute Gasteiger partial charge is 0.546 e. The molecule has 0 amide bonds. The van der Waals surface area contributed by atoms with E-state index >= 15 is 0 Å². The number of nitrogens with zero attached hydrogens (tertiary/aromatic N) is 3. The Morgan fingerprint density at radius 3 is 2.50 bits per heavy atom. The third kappa shape index (κ3) is 4.37. The zero-order valence-electron chi connectivity index (χ0n) is 18.8. The van der Waals surface area contributed by atoms with Crippen LogP contribution in [-0.4, -0.2) is 25.6 Å². The number of alkyl halides is 3. The molecule has 2 aromatic carbocycles. The van der Waals surface area contributed by atoms with Crippen molar-refractivity contribution >= 4 is 27.6 Å². The number of benzene rings is 2. The number of aromatic nitrogens is 3. The zero-order chi connectivity index (χ0) is 26.5. The normalized spacial score (nSPS) is 12.6. The average molecular weight is 522 g/mol. The second-order valence-corrected chi connectivity index (χ2v) is 8.76. The van der Waals surface area contributed by atoms with Crippen molar-refractivity contribution in [1.82, 2.24) is 13.5 Å². The molecule has 8 nitrogen and oxygen atoms in total. The fraction of sp³-hybridized carbons (Fsp3) is 0.217. The van der Waals surface area contributed by atoms with Gasteiger partial charge < -0.3 is 14.6 Å². The molecule has 1 unspecified atom stereocenters. The molecule has 0 radical (unpaired) electrons. The summed E-state index contributed by atoms with van der Waals surface area (Å²) in [7, 11) is 0.823. The van der Waals surface area contributed by atoms with Crippen LogP contribution >= 0.6 is 11.5 Å². The van der Waals surface area contributed by atoms with E-state index in [1.165, 1.54) is 6.92 Å². The van der Waals surface area contributed by atoms with E-state index in [9.17, 15) is 37.1 Å². The molecule has 0 bridgehead atoms. The number of ether oxygens (including phenoxy) is 1. The van der Waals surface area contributed by atoms with Crippen LogP contribution in [0, 0.1) is 12.7 Å². The van der Waals surface area contributed by atoms with Crippen LogP contribution in [0.3, 0.4) is 0 Å². The smallest absolute Gasteiger partial charge is 0.431 e. The monoisotopic (exact) mass is 522 g/mol. The molecule has 188 valence electrons. The number of carboxylic acids is 1. The first-order valence-electron chi connectivity index (χ1n) is 10.3. The highest BCUT2D eigenvalue weighted by atomic mass is 32.1. The number of aryl methyl sites for hydroxylation is 1. The van der Waals surface area contributed by atoms with Gasteiger partial charge in [0, 0.05) is 24.1 Å². The van der Waals surface area contributed by atoms with Crippen molar-refractivity contribution in [2.24, 2.45) is 7.05 Å². The Labute approximate surface area is 203 Å². The lowest BCUT2D eigenvalue weighted by Crippen LogP contribution is -2.41. The number of hydrogen-bond donors (Lipinski definition) is 0. The molecule has 0 saturated carbocycles. The summed E-state index contributed by atoms with van der Waals surface area (Å²) in [5.41, 5.74) is -3.49. The van der Waals surface area contributed by atoms with E-state index in [-0.39, 0.29) is 27.5 Å². The highest BCUT2D eigenvalue weighted by Gasteiger charge is 2.35. The van der Waals surface area contributed by atoms with E-state index in [0.717, 1.165) is 36.3 Å². The third-order valence-corrected chi connectivity index (χ3v) is 6.23. The maximum Gasteiger partial charge on any atom is 0.431 e. The molecular formula is C23H16F4N3O5S-. The van der Waals surface area contributed by atoms with Gasteiger partial charge in [-0.1, -0.05) is 6.07 Å². The van der Waals surface area contributed by atoms with Gasteiger partial charge in [0.25, 0.3) is 5.56 Å². The van der Waals surface area contributed by atoms with Gasteiger partial charge in [0.15, 0.2) is 0 Å². The molecule has 13 heteroatoms. The Morgan fingerprint density at radius 2 is 1.86 bits per heavy atom. The fourth-order valence-corrected chi connectivity index (χ4v) is 4.39. The van der Waals surface area contributed by atoms with E-state index in [0.29, 0.717) is 14.8 Å². The number of carboxylic acid groups (broad SMARTS) is 1. The second-order valence-electron chi connectivity index (χ2n) is 7.95. The maximum absolute atomic E-state index is 15.0. The Balaban J connectivity index is 1.95. The van der Waals surface area contributed by atoms with Gasteiger partial charge in [-0.05, 0) is 55.2 Å². The molecule has 0 fully saturated rings. The number of carbonyl (C=O) groups is 1. The van der Waals surface area contributed by atoms with E-state index in [1.807, 2.05) is 0 Å². The Kier molecular flexibility index (Phi) is 6.20. The van der Waals surface area contributed by atoms with Gasteiger partial charge >= 0.3 is 11.9 Å². The van der Waals surface area contributed by atoms with E-state index < -0.39 is 46.7 Å². The van der Waals surface area contributed by atoms with Crippen LogP contribution in [0.2, 0.25) is 0 Å². The standard InChI is InChI=1S/C23H17F4N3O5S/c1-10-4-5-12(16(6-10)35-11(2)21(32)33)20-13-7-15(14(24)8-17(13)36-28-20)30-19(31)9-18(23(25,26)27)29(3)22(30)34/h4-9,11H,1-3H3,(H,32,33)/p-1. The van der Waals surface area contributed by atoms with Gasteiger partial charge in [0.1, 0.15) is 23.4 Å². The molecule has 2 heterocycles. The van der Waals surface area contributed by atoms with E-state index in [2.05, 4.69) is 4.37 Å². The fourth-order valence-electron chi connectivity index (χ4n) is 3.59. The van der Waals surface area contributed by atoms with Crippen LogP contribution in [0.4, 0.5) is 17.6 Å². The minimum Gasteiger partial charge on any atom is -0.546 e. The molecule has 36 heavy (non-hydrogen) atoms. The van der Waals surface area contributed by atoms with Crippen molar-refractivity contribution < 1.29 is 32.2 Å². The van der Waals surface area contributed by atoms with Crippen LogP contribution in [0.1, 0.15) is 18.2 Å². The molecule has 4 rings (SSSR count). The van der Waals surface area contributed by atoms with E-state index in [1.54, 1.807) is 25.1 Å². The second kappa shape index (κ2) is 8.90. The lowest BCUT2D eigenvalue weighted by atomic mass is 10.0. The van der Waals surface area contributed by atoms with Crippen LogP contribution in [0.15, 0.2) is 46.0 Å². The number of fused-ring (bicyclic) bond motifs is 1. The molecule has 0 aliphatic carbocycles. The highest BCUT2D eigenvalue weighted by Crippen LogP contribution is 2.38. The van der Waals surface area contributed by atoms with Crippen LogP contribution in [-0.2, 0) is 18.0 Å². The van der Waals surface area contributed by atoms with Crippen molar-refractivity contribution in [3.63, 3.8) is 0 Å². The molecule has 0 aliphatic rings. The van der Waals surface area contributed by atoms with Gasteiger partial charge in [0.05, 0.1) is 22.1 Å². The summed E-state index contributed by atoms with van der Waals surface area (Å²) in [6.45, 7) is 3.03. The Morgan fingerprint density at radius 1 is 1.17 bits per heavy atom. The molecule has 4 aromatic rings. The summed E-state index contributed by atoms with van der Waals surface area (Å²) < 4.78 is 65.2. The van der Waals surface area contributed by atoms with Gasteiger partial charge in [-0.3, -0.25) is 9.36 Å². The van der Waals surface area contributed by atoms with Gasteiger partial charge in [-0.25, -0.2) is 13.8 Å².